The topological polar surface area (TPSA) is 143 Å². The maximum atomic E-state index is 14.2. The maximum Gasteiger partial charge on any atom is 0.319 e. The molecule has 1 aliphatic heterocycles. The van der Waals surface area contributed by atoms with E-state index in [0.29, 0.717) is 17.1 Å². The standard InChI is InChI=1S/C33H40FN5O5S/c1-21(41)18-36-33(2,3)17-29(42)38-30-31(43)39(20-24-12-13-25(34)16-28(24)45-30)19-22-8-10-23(11-9-22)26-6-4-5-7-27(26)37-32(44)35-14-15-40/h4-13,16,21,30,36,40-41H,14-15,17-20H2,1-3H3,(H,38,42)(H2,35,37,44)/t21-,30-/m1/s1. The lowest BCUT2D eigenvalue weighted by Crippen LogP contribution is -2.50. The number of hydrogen-bond acceptors (Lipinski definition) is 7. The van der Waals surface area contributed by atoms with Gasteiger partial charge in [0.2, 0.25) is 5.91 Å². The maximum absolute atomic E-state index is 14.2. The first-order valence-corrected chi connectivity index (χ1v) is 15.6. The van der Waals surface area contributed by atoms with Gasteiger partial charge in [0.25, 0.3) is 5.91 Å². The highest BCUT2D eigenvalue weighted by molar-refractivity contribution is 8.00. The molecule has 12 heteroatoms. The van der Waals surface area contributed by atoms with Gasteiger partial charge < -0.3 is 36.4 Å². The molecule has 0 aromatic heterocycles. The zero-order chi connectivity index (χ0) is 32.6. The third-order valence-corrected chi connectivity index (χ3v) is 8.34. The molecule has 6 N–H and O–H groups in total. The van der Waals surface area contributed by atoms with Crippen molar-refractivity contribution in [3.63, 3.8) is 0 Å². The summed E-state index contributed by atoms with van der Waals surface area (Å²) in [7, 11) is 0. The molecule has 3 aromatic carbocycles. The Balaban J connectivity index is 1.51. The highest BCUT2D eigenvalue weighted by Crippen LogP contribution is 2.34. The van der Waals surface area contributed by atoms with Crippen LogP contribution < -0.4 is 21.3 Å². The van der Waals surface area contributed by atoms with Gasteiger partial charge in [-0.2, -0.15) is 0 Å². The fourth-order valence-electron chi connectivity index (χ4n) is 4.90. The molecule has 0 bridgehead atoms. The summed E-state index contributed by atoms with van der Waals surface area (Å²) in [6, 6.07) is 19.0. The van der Waals surface area contributed by atoms with Crippen LogP contribution in [0, 0.1) is 5.82 Å². The van der Waals surface area contributed by atoms with Gasteiger partial charge in [0.1, 0.15) is 5.82 Å². The Bertz CT molecular complexity index is 1500. The fraction of sp³-hybridized carbons (Fsp3) is 0.364. The van der Waals surface area contributed by atoms with Crippen molar-refractivity contribution in [2.45, 2.75) is 62.2 Å². The second kappa shape index (κ2) is 15.3. The first-order valence-electron chi connectivity index (χ1n) is 14.7. The van der Waals surface area contributed by atoms with Crippen molar-refractivity contribution < 1.29 is 29.0 Å². The van der Waals surface area contributed by atoms with Crippen LogP contribution in [0.25, 0.3) is 11.1 Å². The number of thioether (sulfide) groups is 1. The molecular formula is C33H40FN5O5S. The Kier molecular flexibility index (Phi) is 11.6. The molecule has 45 heavy (non-hydrogen) atoms. The Labute approximate surface area is 266 Å². The van der Waals surface area contributed by atoms with Crippen LogP contribution in [0.5, 0.6) is 0 Å². The van der Waals surface area contributed by atoms with Gasteiger partial charge in [0.15, 0.2) is 5.37 Å². The molecule has 0 saturated heterocycles. The van der Waals surface area contributed by atoms with Gasteiger partial charge in [0, 0.05) is 48.6 Å². The number of hydrogen-bond donors (Lipinski definition) is 6. The van der Waals surface area contributed by atoms with Gasteiger partial charge in [-0.1, -0.05) is 60.3 Å². The zero-order valence-electron chi connectivity index (χ0n) is 25.6. The number of aliphatic hydroxyl groups excluding tert-OH is 2. The van der Waals surface area contributed by atoms with E-state index in [4.69, 9.17) is 5.11 Å². The monoisotopic (exact) mass is 637 g/mol. The summed E-state index contributed by atoms with van der Waals surface area (Å²) < 4.78 is 14.2. The Morgan fingerprint density at radius 2 is 1.84 bits per heavy atom. The fourth-order valence-corrected chi connectivity index (χ4v) is 6.05. The average Bonchev–Trinajstić information content (AvgIpc) is 3.11. The van der Waals surface area contributed by atoms with Gasteiger partial charge in [-0.25, -0.2) is 9.18 Å². The molecule has 10 nitrogen and oxygen atoms in total. The Hall–Kier alpha value is -3.97. The van der Waals surface area contributed by atoms with Gasteiger partial charge in [-0.3, -0.25) is 9.59 Å². The van der Waals surface area contributed by atoms with E-state index in [0.717, 1.165) is 34.0 Å². The number of amides is 4. The number of β-amino-alcohol motifs (C(OH)–C–C–N with tert-alkyl or cyclic N) is 1. The van der Waals surface area contributed by atoms with E-state index in [9.17, 15) is 23.9 Å². The van der Waals surface area contributed by atoms with Crippen LogP contribution in [-0.4, -0.2) is 69.7 Å². The first kappa shape index (κ1) is 33.9. The second-order valence-electron chi connectivity index (χ2n) is 11.6. The highest BCUT2D eigenvalue weighted by Gasteiger charge is 2.33. The number of benzene rings is 3. The highest BCUT2D eigenvalue weighted by atomic mass is 32.2. The van der Waals surface area contributed by atoms with E-state index in [-0.39, 0.29) is 44.5 Å². The zero-order valence-corrected chi connectivity index (χ0v) is 26.4. The van der Waals surface area contributed by atoms with Crippen LogP contribution in [0.2, 0.25) is 0 Å². The number of para-hydroxylation sites is 1. The SMILES string of the molecule is C[C@@H](O)CNC(C)(C)CC(=O)N[C@@H]1Sc2cc(F)ccc2CN(Cc2ccc(-c3ccccc3NC(=O)NCCO)cc2)C1=O. The van der Waals surface area contributed by atoms with Gasteiger partial charge in [-0.05, 0) is 55.7 Å². The minimum absolute atomic E-state index is 0.0704. The molecular weight excluding hydrogens is 597 g/mol. The number of nitrogens with zero attached hydrogens (tertiary/aromatic N) is 1. The van der Waals surface area contributed by atoms with Crippen molar-refractivity contribution >= 4 is 35.3 Å². The van der Waals surface area contributed by atoms with Crippen LogP contribution >= 0.6 is 11.8 Å². The van der Waals surface area contributed by atoms with E-state index < -0.39 is 28.9 Å². The quantitative estimate of drug-likeness (QED) is 0.177. The number of urea groups is 1. The Morgan fingerprint density at radius 3 is 2.56 bits per heavy atom. The first-order chi connectivity index (χ1) is 21.4. The normalized spacial score (nSPS) is 15.6. The van der Waals surface area contributed by atoms with Gasteiger partial charge in [0.05, 0.1) is 18.4 Å². The molecule has 1 heterocycles. The molecule has 0 spiro atoms. The summed E-state index contributed by atoms with van der Waals surface area (Å²) in [6.07, 6.45) is -0.503. The number of carbonyl (C=O) groups excluding carboxylic acids is 3. The smallest absolute Gasteiger partial charge is 0.319 e. The predicted octanol–water partition coefficient (Wildman–Crippen LogP) is 3.82. The number of fused-ring (bicyclic) bond motifs is 1. The number of anilines is 1. The predicted molar refractivity (Wildman–Crippen MR) is 173 cm³/mol. The van der Waals surface area contributed by atoms with E-state index in [1.807, 2.05) is 56.3 Å². The molecule has 0 unspecified atom stereocenters. The van der Waals surface area contributed by atoms with Crippen molar-refractivity contribution in [1.82, 2.24) is 20.9 Å². The number of halogens is 1. The summed E-state index contributed by atoms with van der Waals surface area (Å²) in [4.78, 5) is 41.3. The summed E-state index contributed by atoms with van der Waals surface area (Å²) in [5, 5.41) is 29.0. The minimum atomic E-state index is -0.956. The lowest BCUT2D eigenvalue weighted by atomic mass is 10.00. The van der Waals surface area contributed by atoms with Crippen molar-refractivity contribution in [3.8, 4) is 11.1 Å². The molecule has 4 amide bonds. The third kappa shape index (κ3) is 9.76. The lowest BCUT2D eigenvalue weighted by molar-refractivity contribution is -0.135. The molecule has 1 aliphatic rings. The number of carbonyl (C=O) groups is 3. The van der Waals surface area contributed by atoms with Crippen LogP contribution in [-0.2, 0) is 22.7 Å². The largest absolute Gasteiger partial charge is 0.395 e. The molecule has 240 valence electrons. The number of aliphatic hydroxyl groups is 2. The Morgan fingerprint density at radius 1 is 1.11 bits per heavy atom. The van der Waals surface area contributed by atoms with E-state index in [1.165, 1.54) is 12.1 Å². The minimum Gasteiger partial charge on any atom is -0.395 e. The van der Waals surface area contributed by atoms with Crippen molar-refractivity contribution in [3.05, 3.63) is 83.7 Å². The third-order valence-electron chi connectivity index (χ3n) is 7.15. The molecule has 0 aliphatic carbocycles. The van der Waals surface area contributed by atoms with Gasteiger partial charge >= 0.3 is 6.03 Å². The summed E-state index contributed by atoms with van der Waals surface area (Å²) in [5.74, 6) is -1.07. The molecule has 2 atom stereocenters. The van der Waals surface area contributed by atoms with Crippen LogP contribution in [0.15, 0.2) is 71.6 Å². The van der Waals surface area contributed by atoms with Crippen LogP contribution in [0.4, 0.5) is 14.9 Å². The molecule has 0 radical (unpaired) electrons. The second-order valence-corrected chi connectivity index (χ2v) is 12.8. The van der Waals surface area contributed by atoms with E-state index >= 15 is 0 Å². The number of rotatable bonds is 12. The van der Waals surface area contributed by atoms with Crippen LogP contribution in [0.1, 0.15) is 38.3 Å². The van der Waals surface area contributed by atoms with Crippen LogP contribution in [0.3, 0.4) is 0 Å². The molecule has 0 saturated carbocycles. The summed E-state index contributed by atoms with van der Waals surface area (Å²) >= 11 is 1.12. The summed E-state index contributed by atoms with van der Waals surface area (Å²) in [6.45, 7) is 6.14. The molecule has 4 rings (SSSR count). The summed E-state index contributed by atoms with van der Waals surface area (Å²) in [5.41, 5.74) is 3.26. The molecule has 0 fully saturated rings. The average molecular weight is 638 g/mol. The van der Waals surface area contributed by atoms with Crippen molar-refractivity contribution in [2.75, 3.05) is 25.0 Å². The lowest BCUT2D eigenvalue weighted by Gasteiger charge is -2.28. The van der Waals surface area contributed by atoms with E-state index in [1.54, 1.807) is 24.0 Å². The molecule has 3 aromatic rings. The van der Waals surface area contributed by atoms with Crippen molar-refractivity contribution in [1.29, 1.82) is 0 Å². The van der Waals surface area contributed by atoms with E-state index in [2.05, 4.69) is 21.3 Å². The number of nitrogens with one attached hydrogen (secondary N) is 4. The van der Waals surface area contributed by atoms with Gasteiger partial charge in [-0.15, -0.1) is 0 Å². The van der Waals surface area contributed by atoms with Crippen molar-refractivity contribution in [2.24, 2.45) is 0 Å².